The van der Waals surface area contributed by atoms with E-state index in [1.807, 2.05) is 36.2 Å². The normalized spacial score (nSPS) is 18.4. The van der Waals surface area contributed by atoms with Crippen LogP contribution in [0.15, 0.2) is 24.3 Å². The Labute approximate surface area is 265 Å². The number of hydrogen-bond donors (Lipinski definition) is 2. The fraction of sp³-hybridized carbons (Fsp3) is 0.588. The zero-order chi connectivity index (χ0) is 30.8. The number of thiophene rings is 1. The number of aromatic nitrogens is 1. The summed E-state index contributed by atoms with van der Waals surface area (Å²) in [4.78, 5) is 31.5. The molecule has 0 radical (unpaired) electrons. The number of carbonyl (C=O) groups is 2. The van der Waals surface area contributed by atoms with Gasteiger partial charge in [0.25, 0.3) is 0 Å². The number of benzene rings is 1. The van der Waals surface area contributed by atoms with Crippen molar-refractivity contribution < 1.29 is 14.7 Å². The summed E-state index contributed by atoms with van der Waals surface area (Å²) in [5.41, 5.74) is 4.97. The van der Waals surface area contributed by atoms with Crippen molar-refractivity contribution >= 4 is 45.0 Å². The van der Waals surface area contributed by atoms with Crippen LogP contribution in [0.25, 0.3) is 21.5 Å². The molecule has 7 nitrogen and oxygen atoms in total. The topological polar surface area (TPSA) is 77.8 Å². The maximum Gasteiger partial charge on any atom is 0.346 e. The number of fused-ring (bicyclic) bond motifs is 1. The number of hydrogen-bond acceptors (Lipinski definition) is 5. The standard InChI is InChI=1S/C34H47ClN4O3S/c1-21(2)17-36-18-27-31-33(43-32(27)34(41)42)29(23-9-7-6-8-10-23)30(24-11-13-25(35)14-12-24)39(31)20-28(40)37(5)26-15-16-38(19-26)22(3)4/h11-14,21-23,26,36H,6-10,15-20H2,1-5H3,(H,41,42). The number of carbonyl (C=O) groups excluding carboxylic acids is 1. The summed E-state index contributed by atoms with van der Waals surface area (Å²) in [6, 6.07) is 8.53. The van der Waals surface area contributed by atoms with Crippen molar-refractivity contribution in [2.75, 3.05) is 26.7 Å². The zero-order valence-electron chi connectivity index (χ0n) is 26.3. The van der Waals surface area contributed by atoms with Crippen LogP contribution in [0.2, 0.25) is 5.02 Å². The van der Waals surface area contributed by atoms with Crippen molar-refractivity contribution in [1.29, 1.82) is 0 Å². The van der Waals surface area contributed by atoms with Gasteiger partial charge in [0.2, 0.25) is 5.91 Å². The maximum absolute atomic E-state index is 14.1. The Morgan fingerprint density at radius 3 is 2.40 bits per heavy atom. The quantitative estimate of drug-likeness (QED) is 0.231. The summed E-state index contributed by atoms with van der Waals surface area (Å²) in [5, 5.41) is 14.5. The Morgan fingerprint density at radius 1 is 1.09 bits per heavy atom. The molecular formula is C34H47ClN4O3S. The van der Waals surface area contributed by atoms with Gasteiger partial charge in [0.15, 0.2) is 0 Å². The number of aromatic carboxylic acids is 1. The molecule has 1 aliphatic heterocycles. The first-order valence-corrected chi connectivity index (χ1v) is 17.1. The smallest absolute Gasteiger partial charge is 0.346 e. The van der Waals surface area contributed by atoms with Crippen LogP contribution in [0.3, 0.4) is 0 Å². The average Bonchev–Trinajstić information content (AvgIpc) is 3.68. The Morgan fingerprint density at radius 2 is 1.79 bits per heavy atom. The Hall–Kier alpha value is -2.39. The molecule has 234 valence electrons. The van der Waals surface area contributed by atoms with Gasteiger partial charge in [0.05, 0.1) is 15.9 Å². The molecule has 9 heteroatoms. The van der Waals surface area contributed by atoms with E-state index in [-0.39, 0.29) is 18.5 Å². The highest BCUT2D eigenvalue weighted by molar-refractivity contribution is 7.21. The lowest BCUT2D eigenvalue weighted by molar-refractivity contribution is -0.132. The summed E-state index contributed by atoms with van der Waals surface area (Å²) in [6.07, 6.45) is 6.65. The number of likely N-dealkylation sites (tertiary alicyclic amines) is 1. The third kappa shape index (κ3) is 6.82. The SMILES string of the molecule is CC(C)CNCc1c(C(=O)O)sc2c(C3CCCCC3)c(-c3ccc(Cl)cc3)n(CC(=O)N(C)C3CCN(C(C)C)C3)c12. The molecule has 1 atom stereocenters. The molecule has 3 heterocycles. The lowest BCUT2D eigenvalue weighted by Gasteiger charge is -2.27. The minimum atomic E-state index is -0.903. The minimum absolute atomic E-state index is 0.0575. The predicted molar refractivity (Wildman–Crippen MR) is 177 cm³/mol. The largest absolute Gasteiger partial charge is 0.477 e. The van der Waals surface area contributed by atoms with Crippen LogP contribution in [0, 0.1) is 5.92 Å². The van der Waals surface area contributed by atoms with Crippen LogP contribution in [0.4, 0.5) is 0 Å². The molecule has 2 aromatic heterocycles. The van der Waals surface area contributed by atoms with Gasteiger partial charge in [-0.25, -0.2) is 4.79 Å². The van der Waals surface area contributed by atoms with E-state index in [1.165, 1.54) is 23.3 Å². The summed E-state index contributed by atoms with van der Waals surface area (Å²) in [5.74, 6) is -0.0899. The number of rotatable bonds is 11. The minimum Gasteiger partial charge on any atom is -0.477 e. The number of carboxylic acid groups (broad SMARTS) is 1. The van der Waals surface area contributed by atoms with Gasteiger partial charge in [-0.05, 0) is 74.8 Å². The summed E-state index contributed by atoms with van der Waals surface area (Å²) < 4.78 is 3.18. The second kappa shape index (κ2) is 13.7. The van der Waals surface area contributed by atoms with Crippen molar-refractivity contribution in [3.8, 4) is 11.3 Å². The third-order valence-corrected chi connectivity index (χ3v) is 10.9. The predicted octanol–water partition coefficient (Wildman–Crippen LogP) is 7.46. The van der Waals surface area contributed by atoms with Gasteiger partial charge in [0, 0.05) is 49.4 Å². The first-order valence-electron chi connectivity index (χ1n) is 15.9. The van der Waals surface area contributed by atoms with Crippen LogP contribution in [0.1, 0.15) is 92.9 Å². The van der Waals surface area contributed by atoms with Crippen LogP contribution in [-0.2, 0) is 17.9 Å². The first kappa shape index (κ1) is 32.0. The van der Waals surface area contributed by atoms with Gasteiger partial charge < -0.3 is 19.9 Å². The average molecular weight is 627 g/mol. The molecule has 0 bridgehead atoms. The first-order chi connectivity index (χ1) is 20.6. The lowest BCUT2D eigenvalue weighted by atomic mass is 9.83. The van der Waals surface area contributed by atoms with Crippen LogP contribution < -0.4 is 5.32 Å². The number of likely N-dealkylation sites (N-methyl/N-ethyl adjacent to an activating group) is 1. The van der Waals surface area contributed by atoms with Gasteiger partial charge in [0.1, 0.15) is 11.4 Å². The Bertz CT molecular complexity index is 1440. The second-order valence-electron chi connectivity index (χ2n) is 13.1. The maximum atomic E-state index is 14.1. The van der Waals surface area contributed by atoms with E-state index in [0.29, 0.717) is 34.3 Å². The molecule has 1 aliphatic carbocycles. The van der Waals surface area contributed by atoms with E-state index in [9.17, 15) is 14.7 Å². The highest BCUT2D eigenvalue weighted by atomic mass is 35.5. The number of nitrogens with one attached hydrogen (secondary N) is 1. The van der Waals surface area contributed by atoms with Crippen molar-refractivity contribution in [3.05, 3.63) is 45.3 Å². The van der Waals surface area contributed by atoms with E-state index in [1.54, 1.807) is 0 Å². The lowest BCUT2D eigenvalue weighted by Crippen LogP contribution is -2.41. The van der Waals surface area contributed by atoms with Crippen LogP contribution in [-0.4, -0.2) is 70.1 Å². The molecule has 5 rings (SSSR count). The number of nitrogens with zero attached hydrogens (tertiary/aromatic N) is 3. The molecule has 2 fully saturated rings. The van der Waals surface area contributed by atoms with Crippen molar-refractivity contribution in [2.45, 2.75) is 97.3 Å². The Balaban J connectivity index is 1.67. The number of halogens is 1. The van der Waals surface area contributed by atoms with Gasteiger partial charge in [-0.2, -0.15) is 0 Å². The fourth-order valence-corrected chi connectivity index (χ4v) is 8.38. The van der Waals surface area contributed by atoms with Crippen molar-refractivity contribution in [1.82, 2.24) is 19.7 Å². The third-order valence-electron chi connectivity index (χ3n) is 9.36. The number of amides is 1. The molecule has 1 unspecified atom stereocenters. The zero-order valence-corrected chi connectivity index (χ0v) is 27.9. The second-order valence-corrected chi connectivity index (χ2v) is 14.6. The van der Waals surface area contributed by atoms with Gasteiger partial charge in [-0.1, -0.05) is 56.8 Å². The molecule has 43 heavy (non-hydrogen) atoms. The van der Waals surface area contributed by atoms with E-state index < -0.39 is 5.97 Å². The molecule has 1 saturated heterocycles. The van der Waals surface area contributed by atoms with Crippen molar-refractivity contribution in [2.24, 2.45) is 5.92 Å². The highest BCUT2D eigenvalue weighted by Crippen LogP contribution is 2.48. The summed E-state index contributed by atoms with van der Waals surface area (Å²) in [7, 11) is 1.93. The summed E-state index contributed by atoms with van der Waals surface area (Å²) >= 11 is 7.73. The molecule has 2 aliphatic rings. The van der Waals surface area contributed by atoms with Gasteiger partial charge in [-0.3, -0.25) is 9.69 Å². The molecule has 1 saturated carbocycles. The molecule has 0 spiro atoms. The Kier molecular flexibility index (Phi) is 10.2. The van der Waals surface area contributed by atoms with Crippen LogP contribution in [0.5, 0.6) is 0 Å². The van der Waals surface area contributed by atoms with Gasteiger partial charge in [-0.15, -0.1) is 11.3 Å². The molecule has 2 N–H and O–H groups in total. The monoisotopic (exact) mass is 626 g/mol. The molecule has 3 aromatic rings. The van der Waals surface area contributed by atoms with E-state index >= 15 is 0 Å². The van der Waals surface area contributed by atoms with E-state index in [4.69, 9.17) is 11.6 Å². The molecule has 1 aromatic carbocycles. The van der Waals surface area contributed by atoms with Crippen LogP contribution >= 0.6 is 22.9 Å². The number of carboxylic acids is 1. The highest BCUT2D eigenvalue weighted by Gasteiger charge is 2.34. The van der Waals surface area contributed by atoms with Gasteiger partial charge >= 0.3 is 5.97 Å². The van der Waals surface area contributed by atoms with E-state index in [0.717, 1.165) is 78.8 Å². The molecule has 1 amide bonds. The molecular weight excluding hydrogens is 580 g/mol. The van der Waals surface area contributed by atoms with E-state index in [2.05, 4.69) is 42.5 Å². The fourth-order valence-electron chi connectivity index (χ4n) is 6.96. The summed E-state index contributed by atoms with van der Waals surface area (Å²) in [6.45, 7) is 12.0. The van der Waals surface area contributed by atoms with Crippen molar-refractivity contribution in [3.63, 3.8) is 0 Å².